The molecule has 0 saturated heterocycles. The first-order chi connectivity index (χ1) is 10.9. The first kappa shape index (κ1) is 17.4. The van der Waals surface area contributed by atoms with Crippen molar-refractivity contribution in [2.45, 2.75) is 19.4 Å². The number of likely N-dealkylation sites (N-methyl/N-ethyl adjacent to an activating group) is 1. The van der Waals surface area contributed by atoms with E-state index in [-0.39, 0.29) is 11.9 Å². The van der Waals surface area contributed by atoms with Gasteiger partial charge in [0.2, 0.25) is 5.91 Å². The van der Waals surface area contributed by atoms with Crippen LogP contribution in [0.25, 0.3) is 0 Å². The molecule has 4 nitrogen and oxygen atoms in total. The molecule has 0 radical (unpaired) electrons. The topological polar surface area (TPSA) is 45.2 Å². The van der Waals surface area contributed by atoms with Gasteiger partial charge < -0.3 is 10.2 Å². The van der Waals surface area contributed by atoms with Crippen LogP contribution in [0.3, 0.4) is 0 Å². The Morgan fingerprint density at radius 3 is 2.48 bits per heavy atom. The number of carbonyl (C=O) groups excluding carboxylic acids is 1. The highest BCUT2D eigenvalue weighted by Gasteiger charge is 2.16. The average molecular weight is 332 g/mol. The largest absolute Gasteiger partial charge is 0.348 e. The number of halogens is 1. The zero-order valence-corrected chi connectivity index (χ0v) is 14.5. The molecule has 1 amide bonds. The van der Waals surface area contributed by atoms with E-state index >= 15 is 0 Å². The molecule has 0 aliphatic heterocycles. The van der Waals surface area contributed by atoms with Crippen LogP contribution in [0.1, 0.15) is 22.9 Å². The van der Waals surface area contributed by atoms with Crippen LogP contribution < -0.4 is 5.32 Å². The van der Waals surface area contributed by atoms with Gasteiger partial charge in [-0.15, -0.1) is 0 Å². The molecule has 0 aliphatic carbocycles. The van der Waals surface area contributed by atoms with Gasteiger partial charge in [0.25, 0.3) is 0 Å². The summed E-state index contributed by atoms with van der Waals surface area (Å²) in [4.78, 5) is 18.6. The second-order valence-electron chi connectivity index (χ2n) is 5.92. The van der Waals surface area contributed by atoms with E-state index in [1.165, 1.54) is 0 Å². The minimum atomic E-state index is -0.0758. The van der Waals surface area contributed by atoms with Crippen molar-refractivity contribution in [3.63, 3.8) is 0 Å². The summed E-state index contributed by atoms with van der Waals surface area (Å²) in [5.41, 5.74) is 2.90. The Balaban J connectivity index is 2.06. The van der Waals surface area contributed by atoms with E-state index in [1.807, 2.05) is 62.3 Å². The summed E-state index contributed by atoms with van der Waals surface area (Å²) in [7, 11) is 3.97. The lowest BCUT2D eigenvalue weighted by Gasteiger charge is -2.23. The van der Waals surface area contributed by atoms with Gasteiger partial charge in [0.1, 0.15) is 0 Å². The molecule has 2 rings (SSSR count). The Morgan fingerprint density at radius 2 is 1.91 bits per heavy atom. The van der Waals surface area contributed by atoms with E-state index in [0.717, 1.165) is 23.4 Å². The fourth-order valence-corrected chi connectivity index (χ4v) is 2.45. The van der Waals surface area contributed by atoms with Crippen LogP contribution in [-0.2, 0) is 11.2 Å². The molecular weight excluding hydrogens is 310 g/mol. The van der Waals surface area contributed by atoms with Crippen molar-refractivity contribution >= 4 is 17.5 Å². The number of nitrogens with zero attached hydrogens (tertiary/aromatic N) is 2. The first-order valence-corrected chi connectivity index (χ1v) is 7.93. The zero-order valence-electron chi connectivity index (χ0n) is 13.7. The van der Waals surface area contributed by atoms with Gasteiger partial charge in [0.05, 0.1) is 12.5 Å². The minimum absolute atomic E-state index is 0.0162. The van der Waals surface area contributed by atoms with Gasteiger partial charge in [-0.2, -0.15) is 0 Å². The SMILES string of the molecule is Cc1ccc(CC(=O)NC(CN(C)C)c2ccc(Cl)cc2)cn1. The Morgan fingerprint density at radius 1 is 1.22 bits per heavy atom. The number of hydrogen-bond donors (Lipinski definition) is 1. The number of rotatable bonds is 6. The van der Waals surface area contributed by atoms with Crippen molar-refractivity contribution in [2.75, 3.05) is 20.6 Å². The van der Waals surface area contributed by atoms with E-state index in [0.29, 0.717) is 11.4 Å². The summed E-state index contributed by atoms with van der Waals surface area (Å²) in [6.07, 6.45) is 2.07. The summed E-state index contributed by atoms with van der Waals surface area (Å²) < 4.78 is 0. The number of aryl methyl sites for hydroxylation is 1. The summed E-state index contributed by atoms with van der Waals surface area (Å²) >= 11 is 5.94. The number of pyridine rings is 1. The Hall–Kier alpha value is -1.91. The Kier molecular flexibility index (Phi) is 6.13. The molecule has 1 heterocycles. The third kappa shape index (κ3) is 5.66. The third-order valence-electron chi connectivity index (χ3n) is 3.49. The van der Waals surface area contributed by atoms with Crippen molar-refractivity contribution in [3.8, 4) is 0 Å². The molecule has 23 heavy (non-hydrogen) atoms. The van der Waals surface area contributed by atoms with Gasteiger partial charge in [-0.25, -0.2) is 0 Å². The van der Waals surface area contributed by atoms with E-state index < -0.39 is 0 Å². The number of carbonyl (C=O) groups is 1. The van der Waals surface area contributed by atoms with Gasteiger partial charge in [0.15, 0.2) is 0 Å². The molecule has 1 N–H and O–H groups in total. The van der Waals surface area contributed by atoms with Crippen LogP contribution in [0.15, 0.2) is 42.6 Å². The molecule has 0 bridgehead atoms. The van der Waals surface area contributed by atoms with Crippen molar-refractivity contribution < 1.29 is 4.79 Å². The molecule has 1 atom stereocenters. The highest BCUT2D eigenvalue weighted by molar-refractivity contribution is 6.30. The van der Waals surface area contributed by atoms with Gasteiger partial charge in [-0.3, -0.25) is 9.78 Å². The summed E-state index contributed by atoms with van der Waals surface area (Å²) in [6.45, 7) is 2.65. The summed E-state index contributed by atoms with van der Waals surface area (Å²) in [6, 6.07) is 11.4. The van der Waals surface area contributed by atoms with Crippen LogP contribution in [0.5, 0.6) is 0 Å². The summed E-state index contributed by atoms with van der Waals surface area (Å²) in [5, 5.41) is 3.79. The van der Waals surface area contributed by atoms with Gasteiger partial charge in [-0.05, 0) is 50.3 Å². The fraction of sp³-hybridized carbons (Fsp3) is 0.333. The summed E-state index contributed by atoms with van der Waals surface area (Å²) in [5.74, 6) is -0.0162. The van der Waals surface area contributed by atoms with Crippen LogP contribution in [0.4, 0.5) is 0 Å². The maximum absolute atomic E-state index is 12.3. The molecule has 0 spiro atoms. The molecule has 0 aliphatic rings. The lowest BCUT2D eigenvalue weighted by atomic mass is 10.1. The molecule has 2 aromatic rings. The number of hydrogen-bond acceptors (Lipinski definition) is 3. The molecule has 1 aromatic heterocycles. The molecule has 1 unspecified atom stereocenters. The third-order valence-corrected chi connectivity index (χ3v) is 3.74. The predicted molar refractivity (Wildman–Crippen MR) is 93.6 cm³/mol. The van der Waals surface area contributed by atoms with E-state index in [9.17, 15) is 4.79 Å². The second-order valence-corrected chi connectivity index (χ2v) is 6.35. The quantitative estimate of drug-likeness (QED) is 0.885. The zero-order chi connectivity index (χ0) is 16.8. The van der Waals surface area contributed by atoms with E-state index in [4.69, 9.17) is 11.6 Å². The molecule has 0 saturated carbocycles. The fourth-order valence-electron chi connectivity index (χ4n) is 2.33. The van der Waals surface area contributed by atoms with E-state index in [2.05, 4.69) is 10.3 Å². The molecule has 5 heteroatoms. The number of aromatic nitrogens is 1. The normalized spacial score (nSPS) is 12.2. The maximum atomic E-state index is 12.3. The Bertz CT molecular complexity index is 638. The predicted octanol–water partition coefficient (Wildman–Crippen LogP) is 3.01. The highest BCUT2D eigenvalue weighted by Crippen LogP contribution is 2.17. The van der Waals surface area contributed by atoms with Crippen LogP contribution in [0.2, 0.25) is 5.02 Å². The van der Waals surface area contributed by atoms with Crippen molar-refractivity contribution in [3.05, 3.63) is 64.4 Å². The standard InChI is InChI=1S/C18H22ClN3O/c1-13-4-5-14(11-20-13)10-18(23)21-17(12-22(2)3)15-6-8-16(19)9-7-15/h4-9,11,17H,10,12H2,1-3H3,(H,21,23). The monoisotopic (exact) mass is 331 g/mol. The molecule has 122 valence electrons. The highest BCUT2D eigenvalue weighted by atomic mass is 35.5. The van der Waals surface area contributed by atoms with Gasteiger partial charge in [-0.1, -0.05) is 29.8 Å². The van der Waals surface area contributed by atoms with Crippen molar-refractivity contribution in [1.82, 2.24) is 15.2 Å². The maximum Gasteiger partial charge on any atom is 0.225 e. The average Bonchev–Trinajstić information content (AvgIpc) is 2.49. The Labute approximate surface area is 142 Å². The van der Waals surface area contributed by atoms with Gasteiger partial charge in [0, 0.05) is 23.5 Å². The van der Waals surface area contributed by atoms with E-state index in [1.54, 1.807) is 6.20 Å². The lowest BCUT2D eigenvalue weighted by molar-refractivity contribution is -0.121. The molecule has 1 aromatic carbocycles. The minimum Gasteiger partial charge on any atom is -0.348 e. The van der Waals surface area contributed by atoms with Crippen LogP contribution in [-0.4, -0.2) is 36.4 Å². The van der Waals surface area contributed by atoms with Crippen LogP contribution >= 0.6 is 11.6 Å². The molecule has 0 fully saturated rings. The van der Waals surface area contributed by atoms with Gasteiger partial charge >= 0.3 is 0 Å². The number of amides is 1. The second kappa shape index (κ2) is 8.09. The molecular formula is C18H22ClN3O. The van der Waals surface area contributed by atoms with Crippen molar-refractivity contribution in [2.24, 2.45) is 0 Å². The number of nitrogens with one attached hydrogen (secondary N) is 1. The first-order valence-electron chi connectivity index (χ1n) is 7.55. The smallest absolute Gasteiger partial charge is 0.225 e. The van der Waals surface area contributed by atoms with Crippen molar-refractivity contribution in [1.29, 1.82) is 0 Å². The van der Waals surface area contributed by atoms with Crippen LogP contribution in [0, 0.1) is 6.92 Å². The lowest BCUT2D eigenvalue weighted by Crippen LogP contribution is -2.36. The number of benzene rings is 1.